The molecule has 3 nitrogen and oxygen atoms in total. The summed E-state index contributed by atoms with van der Waals surface area (Å²) in [6, 6.07) is 1.86. The fourth-order valence-electron chi connectivity index (χ4n) is 1.03. The van der Waals surface area contributed by atoms with E-state index in [-0.39, 0.29) is 5.75 Å². The minimum Gasteiger partial charge on any atom is -0.505 e. The summed E-state index contributed by atoms with van der Waals surface area (Å²) >= 11 is 2.02. The predicted molar refractivity (Wildman–Crippen MR) is 60.6 cm³/mol. The van der Waals surface area contributed by atoms with Crippen molar-refractivity contribution in [3.63, 3.8) is 0 Å². The summed E-state index contributed by atoms with van der Waals surface area (Å²) in [4.78, 5) is 4.26. The first-order valence-corrected chi connectivity index (χ1v) is 5.22. The van der Waals surface area contributed by atoms with Gasteiger partial charge >= 0.3 is 0 Å². The van der Waals surface area contributed by atoms with Gasteiger partial charge in [0.2, 0.25) is 0 Å². The lowest BCUT2D eigenvalue weighted by atomic mass is 10.1. The second-order valence-corrected chi connectivity index (χ2v) is 4.23. The Hall–Kier alpha value is -0.360. The molecule has 0 aromatic carbocycles. The maximum atomic E-state index is 9.55. The van der Waals surface area contributed by atoms with Crippen LogP contribution >= 0.6 is 22.6 Å². The van der Waals surface area contributed by atoms with Crippen LogP contribution in [0.4, 0.5) is 0 Å². The van der Waals surface area contributed by atoms with E-state index >= 15 is 0 Å². The highest BCUT2D eigenvalue weighted by Gasteiger charge is 2.10. The summed E-state index contributed by atoms with van der Waals surface area (Å²) < 4.78 is 0.629. The number of pyridine rings is 1. The molecule has 1 rings (SSSR count). The van der Waals surface area contributed by atoms with Gasteiger partial charge in [-0.3, -0.25) is 0 Å². The molecule has 0 spiro atoms. The Balaban J connectivity index is 3.22. The zero-order chi connectivity index (χ0) is 10.0. The molecular formula is C9H13IN2O. The van der Waals surface area contributed by atoms with Crippen LogP contribution in [-0.4, -0.2) is 10.1 Å². The van der Waals surface area contributed by atoms with E-state index in [1.807, 2.05) is 28.7 Å². The monoisotopic (exact) mass is 292 g/mol. The molecule has 0 amide bonds. The van der Waals surface area contributed by atoms with Gasteiger partial charge in [-0.05, 0) is 34.6 Å². The summed E-state index contributed by atoms with van der Waals surface area (Å²) in [7, 11) is 0. The lowest BCUT2D eigenvalue weighted by Gasteiger charge is -2.09. The quantitative estimate of drug-likeness (QED) is 0.647. The molecule has 0 aliphatic carbocycles. The number of aromatic nitrogens is 1. The van der Waals surface area contributed by atoms with E-state index in [4.69, 9.17) is 5.73 Å². The lowest BCUT2D eigenvalue weighted by molar-refractivity contribution is 0.459. The number of rotatable bonds is 2. The third-order valence-electron chi connectivity index (χ3n) is 1.86. The highest BCUT2D eigenvalue weighted by Crippen LogP contribution is 2.25. The van der Waals surface area contributed by atoms with Crippen molar-refractivity contribution in [2.75, 3.05) is 0 Å². The Kier molecular flexibility index (Phi) is 3.49. The van der Waals surface area contributed by atoms with Crippen LogP contribution < -0.4 is 5.73 Å². The van der Waals surface area contributed by atoms with Crippen LogP contribution in [0.1, 0.15) is 31.0 Å². The number of nitrogens with zero attached hydrogens (tertiary/aromatic N) is 1. The van der Waals surface area contributed by atoms with Crippen LogP contribution in [0.15, 0.2) is 6.07 Å². The van der Waals surface area contributed by atoms with E-state index in [0.29, 0.717) is 16.2 Å². The van der Waals surface area contributed by atoms with E-state index in [9.17, 15) is 5.11 Å². The van der Waals surface area contributed by atoms with Gasteiger partial charge in [-0.2, -0.15) is 0 Å². The normalized spacial score (nSPS) is 10.8. The number of hydrogen-bond acceptors (Lipinski definition) is 3. The van der Waals surface area contributed by atoms with Gasteiger partial charge in [0.05, 0.1) is 0 Å². The van der Waals surface area contributed by atoms with E-state index in [1.165, 1.54) is 0 Å². The highest BCUT2D eigenvalue weighted by molar-refractivity contribution is 14.1. The Bertz CT molecular complexity index is 313. The average Bonchev–Trinajstić information content (AvgIpc) is 2.09. The fraction of sp³-hybridized carbons (Fsp3) is 0.444. The molecule has 1 aromatic rings. The number of halogens is 1. The van der Waals surface area contributed by atoms with Crippen molar-refractivity contribution >= 4 is 22.6 Å². The Morgan fingerprint density at radius 3 is 2.69 bits per heavy atom. The number of hydrogen-bond donors (Lipinski definition) is 2. The molecule has 0 aliphatic rings. The summed E-state index contributed by atoms with van der Waals surface area (Å²) in [5, 5.41) is 9.55. The van der Waals surface area contributed by atoms with E-state index in [2.05, 4.69) is 18.8 Å². The van der Waals surface area contributed by atoms with Crippen molar-refractivity contribution in [3.05, 3.63) is 21.0 Å². The van der Waals surface area contributed by atoms with Gasteiger partial charge < -0.3 is 10.8 Å². The topological polar surface area (TPSA) is 59.1 Å². The SMILES string of the molecule is CC(C)c1cc(CN)c(O)c(I)n1. The summed E-state index contributed by atoms with van der Waals surface area (Å²) in [6.45, 7) is 4.48. The van der Waals surface area contributed by atoms with Gasteiger partial charge in [-0.25, -0.2) is 4.98 Å². The first kappa shape index (κ1) is 10.7. The minimum absolute atomic E-state index is 0.215. The van der Waals surface area contributed by atoms with Gasteiger partial charge in [0.25, 0.3) is 0 Å². The maximum Gasteiger partial charge on any atom is 0.151 e. The van der Waals surface area contributed by atoms with Gasteiger partial charge in [0, 0.05) is 17.8 Å². The predicted octanol–water partition coefficient (Wildman–Crippen LogP) is 1.97. The van der Waals surface area contributed by atoms with Gasteiger partial charge in [0.1, 0.15) is 3.70 Å². The zero-order valence-electron chi connectivity index (χ0n) is 7.71. The van der Waals surface area contributed by atoms with Gasteiger partial charge in [-0.15, -0.1) is 0 Å². The van der Waals surface area contributed by atoms with Crippen molar-refractivity contribution < 1.29 is 5.11 Å². The number of aromatic hydroxyl groups is 1. The Morgan fingerprint density at radius 1 is 1.62 bits per heavy atom. The third-order valence-corrected chi connectivity index (χ3v) is 2.61. The van der Waals surface area contributed by atoms with Crippen LogP contribution in [-0.2, 0) is 6.54 Å². The Labute approximate surface area is 91.5 Å². The molecule has 0 bridgehead atoms. The van der Waals surface area contributed by atoms with Gasteiger partial charge in [0.15, 0.2) is 5.75 Å². The summed E-state index contributed by atoms with van der Waals surface area (Å²) in [5.41, 5.74) is 7.24. The molecule has 0 fully saturated rings. The lowest BCUT2D eigenvalue weighted by Crippen LogP contribution is -2.03. The Morgan fingerprint density at radius 2 is 2.23 bits per heavy atom. The fourth-order valence-corrected chi connectivity index (χ4v) is 1.65. The largest absolute Gasteiger partial charge is 0.505 e. The van der Waals surface area contributed by atoms with Crippen LogP contribution in [0.2, 0.25) is 0 Å². The molecular weight excluding hydrogens is 279 g/mol. The van der Waals surface area contributed by atoms with Crippen LogP contribution in [0.3, 0.4) is 0 Å². The first-order valence-electron chi connectivity index (χ1n) is 4.14. The summed E-state index contributed by atoms with van der Waals surface area (Å²) in [6.07, 6.45) is 0. The second-order valence-electron chi connectivity index (χ2n) is 3.20. The van der Waals surface area contributed by atoms with Crippen LogP contribution in [0, 0.1) is 3.70 Å². The molecule has 0 unspecified atom stereocenters. The van der Waals surface area contributed by atoms with Gasteiger partial charge in [-0.1, -0.05) is 13.8 Å². The zero-order valence-corrected chi connectivity index (χ0v) is 9.87. The smallest absolute Gasteiger partial charge is 0.151 e. The average molecular weight is 292 g/mol. The molecule has 1 aromatic heterocycles. The van der Waals surface area contributed by atoms with Crippen LogP contribution in [0.5, 0.6) is 5.75 Å². The van der Waals surface area contributed by atoms with Crippen molar-refractivity contribution in [2.45, 2.75) is 26.3 Å². The first-order chi connectivity index (χ1) is 6.06. The molecule has 0 saturated carbocycles. The van der Waals surface area contributed by atoms with E-state index in [1.54, 1.807) is 0 Å². The highest BCUT2D eigenvalue weighted by atomic mass is 127. The third kappa shape index (κ3) is 2.31. The van der Waals surface area contributed by atoms with Crippen molar-refractivity contribution in [1.82, 2.24) is 4.98 Å². The molecule has 0 atom stereocenters. The summed E-state index contributed by atoms with van der Waals surface area (Å²) in [5.74, 6) is 0.576. The molecule has 4 heteroatoms. The molecule has 72 valence electrons. The molecule has 1 heterocycles. The minimum atomic E-state index is 0.215. The van der Waals surface area contributed by atoms with Crippen molar-refractivity contribution in [1.29, 1.82) is 0 Å². The molecule has 0 radical (unpaired) electrons. The standard InChI is InChI=1S/C9H13IN2O/c1-5(2)7-3-6(4-11)8(13)9(10)12-7/h3,5,13H,4,11H2,1-2H3. The second kappa shape index (κ2) is 4.23. The molecule has 0 saturated heterocycles. The maximum absolute atomic E-state index is 9.55. The van der Waals surface area contributed by atoms with E-state index < -0.39 is 0 Å². The number of nitrogens with two attached hydrogens (primary N) is 1. The van der Waals surface area contributed by atoms with Crippen LogP contribution in [0.25, 0.3) is 0 Å². The molecule has 13 heavy (non-hydrogen) atoms. The van der Waals surface area contributed by atoms with Crippen molar-refractivity contribution in [2.24, 2.45) is 5.73 Å². The van der Waals surface area contributed by atoms with Crippen molar-refractivity contribution in [3.8, 4) is 5.75 Å². The molecule has 3 N–H and O–H groups in total. The van der Waals surface area contributed by atoms with E-state index in [0.717, 1.165) is 11.3 Å². The molecule has 0 aliphatic heterocycles.